The minimum absolute atomic E-state index is 0.194. The molecule has 94 valence electrons. The van der Waals surface area contributed by atoms with Crippen LogP contribution in [-0.4, -0.2) is 45.2 Å². The lowest BCUT2D eigenvalue weighted by molar-refractivity contribution is -0.189. The Kier molecular flexibility index (Phi) is 7.49. The number of carbonyl (C=O) groups excluding carboxylic acids is 2. The first-order chi connectivity index (χ1) is 7.54. The Labute approximate surface area is 94.8 Å². The highest BCUT2D eigenvalue weighted by Gasteiger charge is 2.26. The summed E-state index contributed by atoms with van der Waals surface area (Å²) in [4.78, 5) is 22.3. The van der Waals surface area contributed by atoms with E-state index in [1.165, 1.54) is 14.2 Å². The van der Waals surface area contributed by atoms with Gasteiger partial charge in [-0.25, -0.2) is 4.79 Å². The molecule has 0 saturated heterocycles. The quantitative estimate of drug-likeness (QED) is 0.471. The van der Waals surface area contributed by atoms with Crippen molar-refractivity contribution in [2.75, 3.05) is 20.8 Å². The Balaban J connectivity index is 4.31. The van der Waals surface area contributed by atoms with E-state index >= 15 is 0 Å². The maximum absolute atomic E-state index is 11.3. The van der Waals surface area contributed by atoms with Gasteiger partial charge in [-0.15, -0.1) is 0 Å². The molecule has 0 aromatic heterocycles. The monoisotopic (exact) mass is 234 g/mol. The molecule has 0 bridgehead atoms. The Morgan fingerprint density at radius 1 is 1.19 bits per heavy atom. The van der Waals surface area contributed by atoms with Crippen LogP contribution in [0.4, 0.5) is 0 Å². The Bertz CT molecular complexity index is 227. The number of hydrogen-bond acceptors (Lipinski definition) is 6. The third kappa shape index (κ3) is 5.67. The molecular formula is C10H18O6. The second-order valence-electron chi connectivity index (χ2n) is 2.95. The number of esters is 2. The molecule has 0 radical (unpaired) electrons. The van der Waals surface area contributed by atoms with Gasteiger partial charge >= 0.3 is 11.9 Å². The van der Waals surface area contributed by atoms with E-state index in [1.807, 2.05) is 0 Å². The van der Waals surface area contributed by atoms with Crippen molar-refractivity contribution in [1.29, 1.82) is 0 Å². The van der Waals surface area contributed by atoms with Crippen molar-refractivity contribution in [3.63, 3.8) is 0 Å². The number of rotatable bonds is 7. The van der Waals surface area contributed by atoms with E-state index < -0.39 is 24.3 Å². The Morgan fingerprint density at radius 2 is 1.81 bits per heavy atom. The van der Waals surface area contributed by atoms with E-state index in [-0.39, 0.29) is 6.42 Å². The van der Waals surface area contributed by atoms with Gasteiger partial charge in [0.05, 0.1) is 20.6 Å². The van der Waals surface area contributed by atoms with Crippen molar-refractivity contribution in [2.45, 2.75) is 32.7 Å². The topological polar surface area (TPSA) is 71.1 Å². The third-order valence-electron chi connectivity index (χ3n) is 1.80. The van der Waals surface area contributed by atoms with E-state index in [9.17, 15) is 9.59 Å². The van der Waals surface area contributed by atoms with Crippen molar-refractivity contribution in [3.05, 3.63) is 0 Å². The van der Waals surface area contributed by atoms with Crippen molar-refractivity contribution in [2.24, 2.45) is 0 Å². The SMILES string of the molecule is CCO[C@@H](C)O[C@H](CC(=O)OC)C(=O)OC. The average Bonchev–Trinajstić information content (AvgIpc) is 2.27. The van der Waals surface area contributed by atoms with Crippen molar-refractivity contribution in [1.82, 2.24) is 0 Å². The molecule has 0 N–H and O–H groups in total. The van der Waals surface area contributed by atoms with Gasteiger partial charge in [-0.2, -0.15) is 0 Å². The first-order valence-corrected chi connectivity index (χ1v) is 4.96. The van der Waals surface area contributed by atoms with Crippen LogP contribution in [-0.2, 0) is 28.5 Å². The molecule has 0 aliphatic heterocycles. The molecule has 0 saturated carbocycles. The molecule has 0 heterocycles. The van der Waals surface area contributed by atoms with E-state index in [2.05, 4.69) is 9.47 Å². The van der Waals surface area contributed by atoms with Crippen LogP contribution in [0.1, 0.15) is 20.3 Å². The highest BCUT2D eigenvalue weighted by atomic mass is 16.7. The van der Waals surface area contributed by atoms with Gasteiger partial charge in [0.15, 0.2) is 12.4 Å². The lowest BCUT2D eigenvalue weighted by Crippen LogP contribution is -2.33. The first-order valence-electron chi connectivity index (χ1n) is 4.96. The normalized spacial score (nSPS) is 14.0. The summed E-state index contributed by atoms with van der Waals surface area (Å²) in [6.07, 6.45) is -1.78. The summed E-state index contributed by atoms with van der Waals surface area (Å²) in [6.45, 7) is 3.89. The van der Waals surface area contributed by atoms with Gasteiger partial charge in [0, 0.05) is 6.61 Å². The van der Waals surface area contributed by atoms with Crippen LogP contribution in [0.15, 0.2) is 0 Å². The van der Waals surface area contributed by atoms with Crippen LogP contribution >= 0.6 is 0 Å². The molecule has 0 aliphatic carbocycles. The lowest BCUT2D eigenvalue weighted by atomic mass is 10.2. The molecule has 16 heavy (non-hydrogen) atoms. The summed E-state index contributed by atoms with van der Waals surface area (Å²) < 4.78 is 19.3. The zero-order valence-electron chi connectivity index (χ0n) is 10.0. The highest BCUT2D eigenvalue weighted by molar-refractivity contribution is 5.81. The number of hydrogen-bond donors (Lipinski definition) is 0. The minimum atomic E-state index is -1.00. The zero-order chi connectivity index (χ0) is 12.6. The molecule has 0 unspecified atom stereocenters. The van der Waals surface area contributed by atoms with Gasteiger partial charge in [0.25, 0.3) is 0 Å². The fourth-order valence-corrected chi connectivity index (χ4v) is 1.06. The van der Waals surface area contributed by atoms with E-state index in [0.717, 1.165) is 0 Å². The molecule has 0 aromatic rings. The first kappa shape index (κ1) is 14.9. The summed E-state index contributed by atoms with van der Waals surface area (Å²) in [5.74, 6) is -1.17. The van der Waals surface area contributed by atoms with E-state index in [0.29, 0.717) is 6.61 Å². The second-order valence-corrected chi connectivity index (χ2v) is 2.95. The fourth-order valence-electron chi connectivity index (χ4n) is 1.06. The lowest BCUT2D eigenvalue weighted by Gasteiger charge is -2.19. The van der Waals surface area contributed by atoms with E-state index in [1.54, 1.807) is 13.8 Å². The number of ether oxygens (including phenoxy) is 4. The molecule has 0 spiro atoms. The molecule has 6 heteroatoms. The predicted molar refractivity (Wildman–Crippen MR) is 54.6 cm³/mol. The minimum Gasteiger partial charge on any atom is -0.469 e. The van der Waals surface area contributed by atoms with Crippen LogP contribution in [0.2, 0.25) is 0 Å². The maximum atomic E-state index is 11.3. The molecule has 2 atom stereocenters. The van der Waals surface area contributed by atoms with Crippen LogP contribution in [0.3, 0.4) is 0 Å². The fraction of sp³-hybridized carbons (Fsp3) is 0.800. The summed E-state index contributed by atoms with van der Waals surface area (Å²) in [7, 11) is 2.46. The van der Waals surface area contributed by atoms with Crippen LogP contribution in [0.5, 0.6) is 0 Å². The molecular weight excluding hydrogens is 216 g/mol. The summed E-state index contributed by atoms with van der Waals surface area (Å²) in [5, 5.41) is 0. The zero-order valence-corrected chi connectivity index (χ0v) is 10.0. The Morgan fingerprint density at radius 3 is 2.25 bits per heavy atom. The molecule has 0 aliphatic rings. The molecule has 6 nitrogen and oxygen atoms in total. The highest BCUT2D eigenvalue weighted by Crippen LogP contribution is 2.07. The summed E-state index contributed by atoms with van der Waals surface area (Å²) in [5.41, 5.74) is 0. The molecule has 0 fully saturated rings. The van der Waals surface area contributed by atoms with Crippen LogP contribution < -0.4 is 0 Å². The van der Waals surface area contributed by atoms with Crippen molar-refractivity contribution < 1.29 is 28.5 Å². The Hall–Kier alpha value is -1.14. The largest absolute Gasteiger partial charge is 0.469 e. The van der Waals surface area contributed by atoms with Crippen molar-refractivity contribution in [3.8, 4) is 0 Å². The average molecular weight is 234 g/mol. The molecule has 0 amide bonds. The van der Waals surface area contributed by atoms with Crippen molar-refractivity contribution >= 4 is 11.9 Å². The maximum Gasteiger partial charge on any atom is 0.335 e. The van der Waals surface area contributed by atoms with Gasteiger partial charge < -0.3 is 18.9 Å². The van der Waals surface area contributed by atoms with Gasteiger partial charge in [0.2, 0.25) is 0 Å². The van der Waals surface area contributed by atoms with Gasteiger partial charge in [0.1, 0.15) is 0 Å². The van der Waals surface area contributed by atoms with E-state index in [4.69, 9.17) is 9.47 Å². The van der Waals surface area contributed by atoms with Crippen LogP contribution in [0.25, 0.3) is 0 Å². The van der Waals surface area contributed by atoms with Gasteiger partial charge in [-0.1, -0.05) is 0 Å². The molecule has 0 aromatic carbocycles. The summed E-state index contributed by atoms with van der Waals surface area (Å²) in [6, 6.07) is 0. The summed E-state index contributed by atoms with van der Waals surface area (Å²) >= 11 is 0. The van der Waals surface area contributed by atoms with Gasteiger partial charge in [-0.3, -0.25) is 4.79 Å². The predicted octanol–water partition coefficient (Wildman–Crippen LogP) is 0.490. The van der Waals surface area contributed by atoms with Crippen LogP contribution in [0, 0.1) is 0 Å². The number of methoxy groups -OCH3 is 2. The molecule has 0 rings (SSSR count). The smallest absolute Gasteiger partial charge is 0.335 e. The standard InChI is InChI=1S/C10H18O6/c1-5-15-7(2)16-8(10(12)14-4)6-9(11)13-3/h7-8H,5-6H2,1-4H3/t7-,8-/m1/s1. The third-order valence-corrected chi connectivity index (χ3v) is 1.80. The van der Waals surface area contributed by atoms with Gasteiger partial charge in [-0.05, 0) is 13.8 Å². The number of carbonyl (C=O) groups is 2. The second kappa shape index (κ2) is 8.06.